The number of halogens is 1. The maximum Gasteiger partial charge on any atom is 0.407 e. The lowest BCUT2D eigenvalue weighted by atomic mass is 10.1. The molecule has 2 heterocycles. The van der Waals surface area contributed by atoms with Crippen LogP contribution in [0.5, 0.6) is 0 Å². The Morgan fingerprint density at radius 3 is 2.82 bits per heavy atom. The highest BCUT2D eigenvalue weighted by molar-refractivity contribution is 6.30. The molecule has 0 fully saturated rings. The minimum Gasteiger partial charge on any atom is -0.465 e. The summed E-state index contributed by atoms with van der Waals surface area (Å²) >= 11 is 5.99. The molecule has 28 heavy (non-hydrogen) atoms. The highest BCUT2D eigenvalue weighted by Crippen LogP contribution is 2.24. The number of anilines is 2. The van der Waals surface area contributed by atoms with Crippen molar-refractivity contribution in [3.63, 3.8) is 0 Å². The molecule has 0 saturated heterocycles. The van der Waals surface area contributed by atoms with Gasteiger partial charge in [-0.25, -0.2) is 9.80 Å². The average molecular weight is 400 g/mol. The first-order chi connectivity index (χ1) is 13.4. The van der Waals surface area contributed by atoms with Gasteiger partial charge in [-0.2, -0.15) is 5.10 Å². The Bertz CT molecular complexity index is 962. The van der Waals surface area contributed by atoms with Crippen molar-refractivity contribution in [3.05, 3.63) is 65.1 Å². The SMILES string of the molecule is C=NN(C(=C)C(=O)Nc1cnc2c(c1)CN(C(=O)O)CC2)c1cccc(Cl)c1. The predicted molar refractivity (Wildman–Crippen MR) is 108 cm³/mol. The standard InChI is InChI=1S/C19H18ClN5O3/c1-12(25(21-2)16-5-3-4-14(20)9-16)18(26)23-15-8-13-11-24(19(27)28)7-6-17(13)22-10-15/h3-5,8-10H,1-2,6-7,11H2,(H,23,26)(H,27,28). The largest absolute Gasteiger partial charge is 0.465 e. The Labute approximate surface area is 166 Å². The van der Waals surface area contributed by atoms with Gasteiger partial charge in [-0.3, -0.25) is 9.78 Å². The third-order valence-corrected chi connectivity index (χ3v) is 4.52. The number of rotatable bonds is 5. The lowest BCUT2D eigenvalue weighted by molar-refractivity contribution is -0.112. The highest BCUT2D eigenvalue weighted by Gasteiger charge is 2.22. The molecule has 0 atom stereocenters. The molecule has 2 amide bonds. The number of carbonyl (C=O) groups is 2. The summed E-state index contributed by atoms with van der Waals surface area (Å²) in [5.41, 5.74) is 2.60. The molecule has 8 nitrogen and oxygen atoms in total. The first kappa shape index (κ1) is 19.4. The Kier molecular flexibility index (Phi) is 5.60. The van der Waals surface area contributed by atoms with Crippen molar-refractivity contribution in [3.8, 4) is 0 Å². The Morgan fingerprint density at radius 2 is 2.14 bits per heavy atom. The Morgan fingerprint density at radius 1 is 1.36 bits per heavy atom. The first-order valence-electron chi connectivity index (χ1n) is 8.37. The van der Waals surface area contributed by atoms with Gasteiger partial charge in [-0.1, -0.05) is 24.2 Å². The maximum atomic E-state index is 12.6. The highest BCUT2D eigenvalue weighted by atomic mass is 35.5. The molecule has 9 heteroatoms. The molecule has 0 unspecified atom stereocenters. The molecule has 0 spiro atoms. The van der Waals surface area contributed by atoms with E-state index in [9.17, 15) is 9.59 Å². The van der Waals surface area contributed by atoms with Crippen molar-refractivity contribution in [1.29, 1.82) is 0 Å². The van der Waals surface area contributed by atoms with E-state index < -0.39 is 12.0 Å². The van der Waals surface area contributed by atoms with Crippen molar-refractivity contribution in [2.24, 2.45) is 5.10 Å². The molecule has 0 aliphatic carbocycles. The molecular formula is C19H18ClN5O3. The lowest BCUT2D eigenvalue weighted by Gasteiger charge is -2.26. The van der Waals surface area contributed by atoms with Crippen LogP contribution >= 0.6 is 11.6 Å². The van der Waals surface area contributed by atoms with Crippen LogP contribution in [0.2, 0.25) is 5.02 Å². The number of carboxylic acid groups (broad SMARTS) is 1. The topological polar surface area (TPSA) is 98.1 Å². The van der Waals surface area contributed by atoms with Crippen LogP contribution in [-0.2, 0) is 17.8 Å². The molecule has 3 rings (SSSR count). The van der Waals surface area contributed by atoms with E-state index in [1.54, 1.807) is 30.3 Å². The molecule has 144 valence electrons. The van der Waals surface area contributed by atoms with Crippen LogP contribution in [0.3, 0.4) is 0 Å². The second-order valence-electron chi connectivity index (χ2n) is 6.12. The van der Waals surface area contributed by atoms with Gasteiger partial charge in [0.15, 0.2) is 0 Å². The van der Waals surface area contributed by atoms with E-state index in [2.05, 4.69) is 28.7 Å². The molecule has 1 aromatic heterocycles. The van der Waals surface area contributed by atoms with Crippen molar-refractivity contribution < 1.29 is 14.7 Å². The molecule has 2 N–H and O–H groups in total. The number of hydrogen-bond acceptors (Lipinski definition) is 5. The minimum absolute atomic E-state index is 0.0437. The zero-order chi connectivity index (χ0) is 20.3. The second-order valence-corrected chi connectivity index (χ2v) is 6.55. The number of nitrogens with zero attached hydrogens (tertiary/aromatic N) is 4. The Hall–Kier alpha value is -3.39. The van der Waals surface area contributed by atoms with E-state index in [0.29, 0.717) is 29.4 Å². The fourth-order valence-corrected chi connectivity index (χ4v) is 3.07. The lowest BCUT2D eigenvalue weighted by Crippen LogP contribution is -2.35. The van der Waals surface area contributed by atoms with E-state index in [0.717, 1.165) is 11.3 Å². The fourth-order valence-electron chi connectivity index (χ4n) is 2.89. The van der Waals surface area contributed by atoms with E-state index in [-0.39, 0.29) is 12.2 Å². The number of fused-ring (bicyclic) bond motifs is 1. The number of hydrazone groups is 1. The molecule has 1 aliphatic rings. The number of benzene rings is 1. The fraction of sp³-hybridized carbons (Fsp3) is 0.158. The summed E-state index contributed by atoms with van der Waals surface area (Å²) in [7, 11) is 0. The number of aromatic nitrogens is 1. The van der Waals surface area contributed by atoms with Gasteiger partial charge in [-0.15, -0.1) is 0 Å². The molecule has 0 saturated carbocycles. The number of amides is 2. The second kappa shape index (κ2) is 8.10. The van der Waals surface area contributed by atoms with Gasteiger partial charge in [-0.05, 0) is 29.8 Å². The quantitative estimate of drug-likeness (QED) is 0.456. The van der Waals surface area contributed by atoms with Crippen LogP contribution in [0.1, 0.15) is 11.3 Å². The van der Waals surface area contributed by atoms with E-state index >= 15 is 0 Å². The van der Waals surface area contributed by atoms with Gasteiger partial charge >= 0.3 is 6.09 Å². The van der Waals surface area contributed by atoms with Gasteiger partial charge in [0.25, 0.3) is 5.91 Å². The molecule has 2 aromatic rings. The van der Waals surface area contributed by atoms with E-state index in [1.165, 1.54) is 16.1 Å². The van der Waals surface area contributed by atoms with E-state index in [1.807, 2.05) is 0 Å². The number of hydrogen-bond donors (Lipinski definition) is 2. The maximum absolute atomic E-state index is 12.6. The van der Waals surface area contributed by atoms with Crippen LogP contribution in [0.4, 0.5) is 16.2 Å². The van der Waals surface area contributed by atoms with E-state index in [4.69, 9.17) is 16.7 Å². The predicted octanol–water partition coefficient (Wildman–Crippen LogP) is 3.35. The third-order valence-electron chi connectivity index (χ3n) is 4.28. The number of nitrogens with one attached hydrogen (secondary N) is 1. The van der Waals surface area contributed by atoms with Crippen LogP contribution in [0.25, 0.3) is 0 Å². The minimum atomic E-state index is -0.984. The van der Waals surface area contributed by atoms with Crippen LogP contribution in [0, 0.1) is 0 Å². The van der Waals surface area contributed by atoms with Crippen LogP contribution < -0.4 is 10.3 Å². The summed E-state index contributed by atoms with van der Waals surface area (Å²) in [5, 5.41) is 17.5. The van der Waals surface area contributed by atoms with Gasteiger partial charge in [0, 0.05) is 30.4 Å². The van der Waals surface area contributed by atoms with Crippen LogP contribution in [0.15, 0.2) is 53.9 Å². The zero-order valence-corrected chi connectivity index (χ0v) is 15.7. The van der Waals surface area contributed by atoms with Gasteiger partial charge < -0.3 is 15.3 Å². The summed E-state index contributed by atoms with van der Waals surface area (Å²) in [6, 6.07) is 8.50. The summed E-state index contributed by atoms with van der Waals surface area (Å²) in [6.45, 7) is 7.89. The monoisotopic (exact) mass is 399 g/mol. The van der Waals surface area contributed by atoms with Crippen molar-refractivity contribution >= 4 is 41.7 Å². The molecule has 0 radical (unpaired) electrons. The number of carbonyl (C=O) groups excluding carboxylic acids is 1. The average Bonchev–Trinajstić information content (AvgIpc) is 2.68. The normalized spacial score (nSPS) is 12.7. The van der Waals surface area contributed by atoms with Crippen molar-refractivity contribution in [2.75, 3.05) is 16.9 Å². The van der Waals surface area contributed by atoms with Crippen molar-refractivity contribution in [2.45, 2.75) is 13.0 Å². The first-order valence-corrected chi connectivity index (χ1v) is 8.75. The molecule has 1 aliphatic heterocycles. The summed E-state index contributed by atoms with van der Waals surface area (Å²) < 4.78 is 0. The molecule has 1 aromatic carbocycles. The molecular weight excluding hydrogens is 382 g/mol. The van der Waals surface area contributed by atoms with Crippen LogP contribution in [-0.4, -0.2) is 40.3 Å². The summed E-state index contributed by atoms with van der Waals surface area (Å²) in [4.78, 5) is 29.4. The summed E-state index contributed by atoms with van der Waals surface area (Å²) in [5.74, 6) is -0.500. The number of pyridine rings is 1. The third kappa shape index (κ3) is 4.12. The Balaban J connectivity index is 1.75. The molecule has 0 bridgehead atoms. The van der Waals surface area contributed by atoms with Gasteiger partial charge in [0.05, 0.1) is 24.1 Å². The smallest absolute Gasteiger partial charge is 0.407 e. The zero-order valence-electron chi connectivity index (χ0n) is 14.9. The van der Waals surface area contributed by atoms with Gasteiger partial charge in [0.1, 0.15) is 5.70 Å². The summed E-state index contributed by atoms with van der Waals surface area (Å²) in [6.07, 6.45) is 1.08. The van der Waals surface area contributed by atoms with Gasteiger partial charge in [0.2, 0.25) is 0 Å². The van der Waals surface area contributed by atoms with Crippen molar-refractivity contribution in [1.82, 2.24) is 9.88 Å².